The first-order valence-electron chi connectivity index (χ1n) is 7.36. The van der Waals surface area contributed by atoms with Gasteiger partial charge < -0.3 is 11.1 Å². The molecule has 1 fully saturated rings. The molecular weight excluding hydrogens is 266 g/mol. The van der Waals surface area contributed by atoms with E-state index in [0.717, 1.165) is 13.1 Å². The Morgan fingerprint density at radius 2 is 1.86 bits per heavy atom. The summed E-state index contributed by atoms with van der Waals surface area (Å²) in [6.07, 6.45) is 1.21. The topological polar surface area (TPSA) is 75.4 Å². The maximum atomic E-state index is 12.2. The monoisotopic (exact) mass is 289 g/mol. The van der Waals surface area contributed by atoms with E-state index in [1.807, 2.05) is 0 Å². The van der Waals surface area contributed by atoms with Crippen LogP contribution in [0, 0.1) is 11.8 Å². The lowest BCUT2D eigenvalue weighted by molar-refractivity contribution is -0.117. The highest BCUT2D eigenvalue weighted by Crippen LogP contribution is 2.21. The molecular formula is C16H23N3O2. The second-order valence-corrected chi connectivity index (χ2v) is 6.10. The highest BCUT2D eigenvalue weighted by molar-refractivity contribution is 6.03. The van der Waals surface area contributed by atoms with Gasteiger partial charge in [0.05, 0.1) is 17.8 Å². The Morgan fingerprint density at radius 3 is 2.48 bits per heavy atom. The van der Waals surface area contributed by atoms with Gasteiger partial charge in [0.2, 0.25) is 5.91 Å². The lowest BCUT2D eigenvalue weighted by Gasteiger charge is -2.34. The summed E-state index contributed by atoms with van der Waals surface area (Å²) in [7, 11) is 0. The first kappa shape index (κ1) is 15.5. The molecule has 0 aliphatic carbocycles. The number of likely N-dealkylation sites (tertiary alicyclic amines) is 1. The van der Waals surface area contributed by atoms with Gasteiger partial charge in [-0.05, 0) is 30.4 Å². The van der Waals surface area contributed by atoms with Gasteiger partial charge in [-0.2, -0.15) is 0 Å². The van der Waals surface area contributed by atoms with Crippen molar-refractivity contribution in [1.82, 2.24) is 4.90 Å². The predicted molar refractivity (Wildman–Crippen MR) is 83.0 cm³/mol. The van der Waals surface area contributed by atoms with Gasteiger partial charge in [-0.25, -0.2) is 0 Å². The fraction of sp³-hybridized carbons (Fsp3) is 0.500. The number of hydrogen-bond acceptors (Lipinski definition) is 3. The number of amides is 2. The summed E-state index contributed by atoms with van der Waals surface area (Å²) >= 11 is 0. The Hall–Kier alpha value is -1.88. The van der Waals surface area contributed by atoms with E-state index in [-0.39, 0.29) is 5.91 Å². The highest BCUT2D eigenvalue weighted by Gasteiger charge is 2.23. The van der Waals surface area contributed by atoms with Crippen molar-refractivity contribution in [2.24, 2.45) is 17.6 Å². The van der Waals surface area contributed by atoms with Crippen LogP contribution in [0.4, 0.5) is 5.69 Å². The average Bonchev–Trinajstić information content (AvgIpc) is 2.37. The van der Waals surface area contributed by atoms with Gasteiger partial charge in [-0.1, -0.05) is 26.0 Å². The maximum Gasteiger partial charge on any atom is 0.250 e. The summed E-state index contributed by atoms with van der Waals surface area (Å²) < 4.78 is 0. The number of anilines is 1. The third-order valence-electron chi connectivity index (χ3n) is 3.78. The van der Waals surface area contributed by atoms with Crippen LogP contribution in [0.2, 0.25) is 0 Å². The van der Waals surface area contributed by atoms with Gasteiger partial charge in [-0.15, -0.1) is 0 Å². The number of carbonyl (C=O) groups is 2. The molecule has 2 atom stereocenters. The molecule has 0 bridgehead atoms. The van der Waals surface area contributed by atoms with Crippen LogP contribution >= 0.6 is 0 Å². The van der Waals surface area contributed by atoms with Crippen LogP contribution in [-0.4, -0.2) is 36.3 Å². The molecule has 0 unspecified atom stereocenters. The van der Waals surface area contributed by atoms with Crippen molar-refractivity contribution in [2.45, 2.75) is 20.3 Å². The van der Waals surface area contributed by atoms with Crippen LogP contribution in [-0.2, 0) is 4.79 Å². The zero-order chi connectivity index (χ0) is 15.4. The Morgan fingerprint density at radius 1 is 1.24 bits per heavy atom. The number of primary amides is 1. The molecule has 114 valence electrons. The first-order valence-corrected chi connectivity index (χ1v) is 7.36. The number of para-hydroxylation sites is 1. The molecule has 1 aliphatic rings. The lowest BCUT2D eigenvalue weighted by Crippen LogP contribution is -2.43. The molecule has 21 heavy (non-hydrogen) atoms. The predicted octanol–water partition coefficient (Wildman–Crippen LogP) is 1.70. The second-order valence-electron chi connectivity index (χ2n) is 6.10. The van der Waals surface area contributed by atoms with Crippen molar-refractivity contribution < 1.29 is 9.59 Å². The van der Waals surface area contributed by atoms with E-state index in [1.54, 1.807) is 24.3 Å². The zero-order valence-electron chi connectivity index (χ0n) is 12.6. The summed E-state index contributed by atoms with van der Waals surface area (Å²) in [6, 6.07) is 6.80. The minimum absolute atomic E-state index is 0.106. The zero-order valence-corrected chi connectivity index (χ0v) is 12.6. The van der Waals surface area contributed by atoms with E-state index in [1.165, 1.54) is 6.42 Å². The highest BCUT2D eigenvalue weighted by atomic mass is 16.2. The van der Waals surface area contributed by atoms with Gasteiger partial charge in [0.25, 0.3) is 5.91 Å². The Labute approximate surface area is 125 Å². The minimum atomic E-state index is -0.536. The summed E-state index contributed by atoms with van der Waals surface area (Å²) in [4.78, 5) is 25.7. The largest absolute Gasteiger partial charge is 0.366 e. The molecule has 0 saturated carbocycles. The molecule has 5 heteroatoms. The molecule has 0 aromatic heterocycles. The van der Waals surface area contributed by atoms with Crippen LogP contribution in [0.25, 0.3) is 0 Å². The van der Waals surface area contributed by atoms with E-state index < -0.39 is 5.91 Å². The van der Waals surface area contributed by atoms with Crippen molar-refractivity contribution in [1.29, 1.82) is 0 Å². The molecule has 1 heterocycles. The average molecular weight is 289 g/mol. The number of nitrogens with two attached hydrogens (primary N) is 1. The van der Waals surface area contributed by atoms with Gasteiger partial charge in [0, 0.05) is 13.1 Å². The minimum Gasteiger partial charge on any atom is -0.366 e. The van der Waals surface area contributed by atoms with Gasteiger partial charge in [-0.3, -0.25) is 14.5 Å². The van der Waals surface area contributed by atoms with Gasteiger partial charge >= 0.3 is 0 Å². The van der Waals surface area contributed by atoms with Crippen molar-refractivity contribution >= 4 is 17.5 Å². The van der Waals surface area contributed by atoms with E-state index >= 15 is 0 Å². The number of nitrogens with one attached hydrogen (secondary N) is 1. The standard InChI is InChI=1S/C16H23N3O2/c1-11-7-12(2)9-19(8-11)10-15(20)18-14-6-4-3-5-13(14)16(17)21/h3-6,11-12H,7-10H2,1-2H3,(H2,17,21)(H,18,20)/t11-,12+. The summed E-state index contributed by atoms with van der Waals surface area (Å²) in [5, 5.41) is 2.79. The lowest BCUT2D eigenvalue weighted by atomic mass is 9.92. The molecule has 5 nitrogen and oxygen atoms in total. The molecule has 1 aromatic rings. The molecule has 3 N–H and O–H groups in total. The molecule has 1 aliphatic heterocycles. The third-order valence-corrected chi connectivity index (χ3v) is 3.78. The first-order chi connectivity index (χ1) is 9.95. The number of piperidine rings is 1. The SMILES string of the molecule is C[C@@H]1C[C@H](C)CN(CC(=O)Nc2ccccc2C(N)=O)C1. The van der Waals surface area contributed by atoms with Crippen LogP contribution in [0.5, 0.6) is 0 Å². The van der Waals surface area contributed by atoms with Gasteiger partial charge in [0.15, 0.2) is 0 Å². The van der Waals surface area contributed by atoms with Crippen molar-refractivity contribution in [3.8, 4) is 0 Å². The molecule has 0 spiro atoms. The Balaban J connectivity index is 1.97. The van der Waals surface area contributed by atoms with Gasteiger partial charge in [0.1, 0.15) is 0 Å². The second kappa shape index (κ2) is 6.72. The van der Waals surface area contributed by atoms with Crippen molar-refractivity contribution in [3.63, 3.8) is 0 Å². The third kappa shape index (κ3) is 4.29. The molecule has 0 radical (unpaired) electrons. The van der Waals surface area contributed by atoms with E-state index in [9.17, 15) is 9.59 Å². The maximum absolute atomic E-state index is 12.2. The molecule has 2 amide bonds. The summed E-state index contributed by atoms with van der Waals surface area (Å²) in [5.74, 6) is 0.579. The number of hydrogen-bond donors (Lipinski definition) is 2. The normalized spacial score (nSPS) is 22.8. The van der Waals surface area contributed by atoms with Crippen LogP contribution in [0.15, 0.2) is 24.3 Å². The Bertz CT molecular complexity index is 520. The van der Waals surface area contributed by atoms with Crippen LogP contribution < -0.4 is 11.1 Å². The van der Waals surface area contributed by atoms with E-state index in [4.69, 9.17) is 5.73 Å². The number of benzene rings is 1. The van der Waals surface area contributed by atoms with E-state index in [2.05, 4.69) is 24.1 Å². The quantitative estimate of drug-likeness (QED) is 0.886. The van der Waals surface area contributed by atoms with E-state index in [0.29, 0.717) is 29.6 Å². The number of carbonyl (C=O) groups excluding carboxylic acids is 2. The molecule has 1 aromatic carbocycles. The van der Waals surface area contributed by atoms with Crippen molar-refractivity contribution in [2.75, 3.05) is 25.0 Å². The fourth-order valence-electron chi connectivity index (χ4n) is 3.12. The molecule has 2 rings (SSSR count). The number of nitrogens with zero attached hydrogens (tertiary/aromatic N) is 1. The smallest absolute Gasteiger partial charge is 0.250 e. The van der Waals surface area contributed by atoms with Crippen LogP contribution in [0.1, 0.15) is 30.6 Å². The Kier molecular flexibility index (Phi) is 4.96. The molecule has 1 saturated heterocycles. The fourth-order valence-corrected chi connectivity index (χ4v) is 3.12. The number of rotatable bonds is 4. The summed E-state index contributed by atoms with van der Waals surface area (Å²) in [6.45, 7) is 6.65. The van der Waals surface area contributed by atoms with Crippen LogP contribution in [0.3, 0.4) is 0 Å². The summed E-state index contributed by atoms with van der Waals surface area (Å²) in [5.41, 5.74) is 6.13. The van der Waals surface area contributed by atoms with Crippen molar-refractivity contribution in [3.05, 3.63) is 29.8 Å².